The monoisotopic (exact) mass is 534 g/mol. The van der Waals surface area contributed by atoms with Gasteiger partial charge >= 0.3 is 10.2 Å². The molecule has 0 radical (unpaired) electrons. The van der Waals surface area contributed by atoms with Gasteiger partial charge < -0.3 is 5.32 Å². The first-order valence-corrected chi connectivity index (χ1v) is 13.6. The average Bonchev–Trinajstić information content (AvgIpc) is 2.80. The van der Waals surface area contributed by atoms with E-state index in [4.69, 9.17) is 0 Å². The molecule has 1 N–H and O–H groups in total. The Balaban J connectivity index is 0.000000790. The fourth-order valence-electron chi connectivity index (χ4n) is 2.71. The van der Waals surface area contributed by atoms with Gasteiger partial charge in [-0.3, -0.25) is 9.79 Å². The zero-order chi connectivity index (χ0) is 28.2. The molecule has 0 aromatic heterocycles. The zero-order valence-electron chi connectivity index (χ0n) is 22.0. The standard InChI is InChI=1S/C20H32N2O.C7H7F5S/c1-8-15(4)12-11-13-18(17(6)16(5)9-2)19(21-7)14-22-20(23)10-3;1-6-2-4-7(5-3-6)13(8,9,10,11)12/h10-13,15-16H,3,6,8-9,14H2,1-2,4-5,7H3,(H,22,23);2-5H,1H3/b12-11-,18-13+,21-19?;. The summed E-state index contributed by atoms with van der Waals surface area (Å²) in [7, 11) is -7.71. The highest BCUT2D eigenvalue weighted by Crippen LogP contribution is 3.02. The fourth-order valence-corrected chi connectivity index (χ4v) is 3.36. The molecular formula is C27H39F5N2OS. The molecule has 9 heteroatoms. The van der Waals surface area contributed by atoms with Crippen molar-refractivity contribution in [2.75, 3.05) is 13.6 Å². The van der Waals surface area contributed by atoms with Crippen LogP contribution in [0.1, 0.15) is 46.1 Å². The van der Waals surface area contributed by atoms with E-state index in [-0.39, 0.29) is 5.91 Å². The van der Waals surface area contributed by atoms with E-state index in [0.29, 0.717) is 36.1 Å². The Labute approximate surface area is 212 Å². The summed E-state index contributed by atoms with van der Waals surface area (Å²) in [6.07, 6.45) is 9.69. The number of halogens is 5. The van der Waals surface area contributed by atoms with Crippen molar-refractivity contribution in [3.8, 4) is 0 Å². The second-order valence-electron chi connectivity index (χ2n) is 8.56. The van der Waals surface area contributed by atoms with Gasteiger partial charge in [-0.2, -0.15) is 0 Å². The smallest absolute Gasteiger partial charge is 0.310 e. The molecular weight excluding hydrogens is 495 g/mol. The largest absolute Gasteiger partial charge is 0.347 e. The van der Waals surface area contributed by atoms with Crippen molar-refractivity contribution >= 4 is 21.8 Å². The maximum Gasteiger partial charge on any atom is 0.310 e. The van der Waals surface area contributed by atoms with Crippen LogP contribution >= 0.6 is 10.2 Å². The number of aryl methyl sites for hydroxylation is 1. The van der Waals surface area contributed by atoms with E-state index in [1.807, 2.05) is 0 Å². The highest BCUT2D eigenvalue weighted by molar-refractivity contribution is 8.45. The summed E-state index contributed by atoms with van der Waals surface area (Å²) in [6.45, 7) is 18.3. The van der Waals surface area contributed by atoms with Crippen LogP contribution < -0.4 is 5.32 Å². The van der Waals surface area contributed by atoms with Gasteiger partial charge in [-0.1, -0.05) is 103 Å². The summed E-state index contributed by atoms with van der Waals surface area (Å²) in [5.74, 6) is 0.701. The molecule has 1 rings (SSSR count). The lowest BCUT2D eigenvalue weighted by atomic mass is 9.90. The van der Waals surface area contributed by atoms with Crippen molar-refractivity contribution in [2.24, 2.45) is 16.8 Å². The van der Waals surface area contributed by atoms with Gasteiger partial charge in [0.1, 0.15) is 4.90 Å². The third kappa shape index (κ3) is 12.3. The number of carbonyl (C=O) groups is 1. The predicted octanol–water partition coefficient (Wildman–Crippen LogP) is 9.14. The van der Waals surface area contributed by atoms with Gasteiger partial charge in [-0.05, 0) is 49.0 Å². The molecule has 0 aliphatic carbocycles. The van der Waals surface area contributed by atoms with Crippen LogP contribution in [0.4, 0.5) is 19.4 Å². The van der Waals surface area contributed by atoms with Gasteiger partial charge in [0.2, 0.25) is 5.91 Å². The summed E-state index contributed by atoms with van der Waals surface area (Å²) in [5.41, 5.74) is 3.39. The zero-order valence-corrected chi connectivity index (χ0v) is 22.8. The highest BCUT2D eigenvalue weighted by atomic mass is 32.5. The Kier molecular flexibility index (Phi) is 12.1. The molecule has 204 valence electrons. The number of hydrogen-bond donors (Lipinski definition) is 1. The van der Waals surface area contributed by atoms with Gasteiger partial charge in [0.25, 0.3) is 0 Å². The first-order chi connectivity index (χ1) is 16.4. The lowest BCUT2D eigenvalue weighted by molar-refractivity contribution is -0.116. The minimum atomic E-state index is -9.45. The van der Waals surface area contributed by atoms with Crippen molar-refractivity contribution in [1.29, 1.82) is 0 Å². The number of carbonyl (C=O) groups excluding carboxylic acids is 1. The molecule has 0 saturated carbocycles. The molecule has 0 spiro atoms. The van der Waals surface area contributed by atoms with E-state index >= 15 is 0 Å². The van der Waals surface area contributed by atoms with Gasteiger partial charge in [-0.25, -0.2) is 0 Å². The van der Waals surface area contributed by atoms with E-state index in [0.717, 1.165) is 41.8 Å². The third-order valence-electron chi connectivity index (χ3n) is 5.56. The van der Waals surface area contributed by atoms with Gasteiger partial charge in [0.15, 0.2) is 0 Å². The molecule has 0 bridgehead atoms. The number of nitrogens with one attached hydrogen (secondary N) is 1. The van der Waals surface area contributed by atoms with Crippen LogP contribution in [0.5, 0.6) is 0 Å². The third-order valence-corrected chi connectivity index (χ3v) is 6.73. The van der Waals surface area contributed by atoms with E-state index in [1.54, 1.807) is 7.05 Å². The van der Waals surface area contributed by atoms with Crippen molar-refractivity contribution in [3.63, 3.8) is 0 Å². The second-order valence-corrected chi connectivity index (χ2v) is 11.0. The summed E-state index contributed by atoms with van der Waals surface area (Å²) in [6, 6.07) is 2.81. The van der Waals surface area contributed by atoms with Crippen LogP contribution in [-0.2, 0) is 4.79 Å². The van der Waals surface area contributed by atoms with Gasteiger partial charge in [0.05, 0.1) is 12.3 Å². The molecule has 0 fully saturated rings. The van der Waals surface area contributed by atoms with Crippen LogP contribution in [0.3, 0.4) is 0 Å². The van der Waals surface area contributed by atoms with Crippen molar-refractivity contribution in [1.82, 2.24) is 5.32 Å². The van der Waals surface area contributed by atoms with Crippen molar-refractivity contribution in [3.05, 3.63) is 78.4 Å². The SMILES string of the molecule is C=CC(=O)NCC(=NC)/C(=C/C=C\C(C)CC)C(=C)C(C)CC.Cc1ccc(S(F)(F)(F)(F)F)cc1. The maximum absolute atomic E-state index is 12.1. The quantitative estimate of drug-likeness (QED) is 0.131. The van der Waals surface area contributed by atoms with Crippen molar-refractivity contribution in [2.45, 2.75) is 52.4 Å². The number of rotatable bonds is 11. The Morgan fingerprint density at radius 2 is 1.64 bits per heavy atom. The topological polar surface area (TPSA) is 41.5 Å². The minimum absolute atomic E-state index is 0.199. The molecule has 36 heavy (non-hydrogen) atoms. The molecule has 1 aromatic carbocycles. The van der Waals surface area contributed by atoms with Crippen LogP contribution in [0.25, 0.3) is 0 Å². The first kappa shape index (κ1) is 33.3. The van der Waals surface area contributed by atoms with Crippen LogP contribution in [0.2, 0.25) is 0 Å². The molecule has 2 unspecified atom stereocenters. The molecule has 0 aliphatic heterocycles. The minimum Gasteiger partial charge on any atom is -0.347 e. The van der Waals surface area contributed by atoms with E-state index in [9.17, 15) is 24.2 Å². The first-order valence-electron chi connectivity index (χ1n) is 11.6. The molecule has 0 heterocycles. The summed E-state index contributed by atoms with van der Waals surface area (Å²) in [5, 5.41) is 2.79. The predicted molar refractivity (Wildman–Crippen MR) is 144 cm³/mol. The molecule has 1 aromatic rings. The summed E-state index contributed by atoms with van der Waals surface area (Å²) >= 11 is 0. The molecule has 0 saturated heterocycles. The Bertz CT molecular complexity index is 994. The van der Waals surface area contributed by atoms with Crippen LogP contribution in [-0.4, -0.2) is 25.2 Å². The van der Waals surface area contributed by atoms with E-state index in [2.05, 4.69) is 69.4 Å². The lowest BCUT2D eigenvalue weighted by Crippen LogP contribution is -2.29. The number of benzene rings is 1. The van der Waals surface area contributed by atoms with E-state index in [1.165, 1.54) is 13.0 Å². The number of nitrogens with zero attached hydrogens (tertiary/aromatic N) is 1. The van der Waals surface area contributed by atoms with Gasteiger partial charge in [0, 0.05) is 12.6 Å². The Morgan fingerprint density at radius 1 is 1.08 bits per heavy atom. The summed E-state index contributed by atoms with van der Waals surface area (Å²) < 4.78 is 60.4. The summed E-state index contributed by atoms with van der Waals surface area (Å²) in [4.78, 5) is 13.9. The number of hydrogen-bond acceptors (Lipinski definition) is 2. The number of aliphatic imine (C=N–C) groups is 1. The Morgan fingerprint density at radius 3 is 2.06 bits per heavy atom. The molecule has 1 amide bonds. The average molecular weight is 535 g/mol. The molecule has 2 atom stereocenters. The molecule has 3 nitrogen and oxygen atoms in total. The van der Waals surface area contributed by atoms with Crippen LogP contribution in [0.15, 0.2) is 82.8 Å². The fraction of sp³-hybridized carbons (Fsp3) is 0.407. The van der Waals surface area contributed by atoms with Gasteiger partial charge in [-0.15, -0.1) is 0 Å². The van der Waals surface area contributed by atoms with Crippen molar-refractivity contribution < 1.29 is 24.2 Å². The molecule has 0 aliphatic rings. The van der Waals surface area contributed by atoms with E-state index < -0.39 is 15.1 Å². The number of allylic oxidation sites excluding steroid dienone is 4. The lowest BCUT2D eigenvalue weighted by Gasteiger charge is -2.40. The number of amides is 1. The highest BCUT2D eigenvalue weighted by Gasteiger charge is 2.65. The Hall–Kier alpha value is -2.68. The normalized spacial score (nSPS) is 16.2. The van der Waals surface area contributed by atoms with Crippen LogP contribution in [0, 0.1) is 18.8 Å². The second kappa shape index (κ2) is 13.0. The maximum atomic E-state index is 12.1.